The molecule has 1 N–H and O–H groups in total. The van der Waals surface area contributed by atoms with Crippen LogP contribution in [0.5, 0.6) is 0 Å². The molecular formula is C21H23N3O6S. The van der Waals surface area contributed by atoms with Gasteiger partial charge in [0.1, 0.15) is 5.00 Å². The smallest absolute Gasteiger partial charge is 0.341 e. The first kappa shape index (κ1) is 21.3. The molecule has 0 spiro atoms. The largest absolute Gasteiger partial charge is 0.465 e. The molecule has 4 rings (SSSR count). The van der Waals surface area contributed by atoms with Crippen LogP contribution in [0.3, 0.4) is 0 Å². The number of methoxy groups -OCH3 is 1. The molecule has 0 unspecified atom stereocenters. The van der Waals surface area contributed by atoms with E-state index in [0.717, 1.165) is 36.1 Å². The molecule has 2 heterocycles. The Morgan fingerprint density at radius 3 is 2.68 bits per heavy atom. The van der Waals surface area contributed by atoms with Gasteiger partial charge in [-0.25, -0.2) is 4.79 Å². The van der Waals surface area contributed by atoms with E-state index in [9.17, 15) is 19.7 Å². The Hall–Kier alpha value is -2.98. The number of esters is 1. The summed E-state index contributed by atoms with van der Waals surface area (Å²) in [5.74, 6) is -0.976. The molecule has 1 fully saturated rings. The van der Waals surface area contributed by atoms with Gasteiger partial charge in [-0.2, -0.15) is 0 Å². The van der Waals surface area contributed by atoms with Gasteiger partial charge in [0, 0.05) is 30.1 Å². The zero-order valence-corrected chi connectivity index (χ0v) is 18.0. The maximum Gasteiger partial charge on any atom is 0.341 e. The normalized spacial score (nSPS) is 15.8. The molecule has 0 radical (unpaired) electrons. The van der Waals surface area contributed by atoms with E-state index in [0.29, 0.717) is 42.6 Å². The molecule has 10 heteroatoms. The number of carbonyl (C=O) groups is 2. The Balaban J connectivity index is 1.71. The molecule has 1 aromatic heterocycles. The number of anilines is 2. The van der Waals surface area contributed by atoms with E-state index in [-0.39, 0.29) is 11.3 Å². The van der Waals surface area contributed by atoms with Crippen LogP contribution in [0.1, 0.15) is 44.0 Å². The van der Waals surface area contributed by atoms with Crippen LogP contribution in [-0.2, 0) is 22.3 Å². The summed E-state index contributed by atoms with van der Waals surface area (Å²) in [7, 11) is 1.32. The topological polar surface area (TPSA) is 111 Å². The van der Waals surface area contributed by atoms with Gasteiger partial charge >= 0.3 is 5.97 Å². The zero-order chi connectivity index (χ0) is 22.0. The molecular weight excluding hydrogens is 422 g/mol. The van der Waals surface area contributed by atoms with Crippen LogP contribution in [0, 0.1) is 10.1 Å². The van der Waals surface area contributed by atoms with E-state index in [4.69, 9.17) is 9.47 Å². The lowest BCUT2D eigenvalue weighted by atomic mass is 9.95. The number of nitrogens with zero attached hydrogens (tertiary/aromatic N) is 2. The molecule has 9 nitrogen and oxygen atoms in total. The molecule has 2 aromatic rings. The molecule has 0 bridgehead atoms. The molecule has 0 atom stereocenters. The number of nitro groups is 1. The van der Waals surface area contributed by atoms with Crippen molar-refractivity contribution < 1.29 is 24.0 Å². The number of hydrogen-bond donors (Lipinski definition) is 1. The second-order valence-electron chi connectivity index (χ2n) is 7.42. The lowest BCUT2D eigenvalue weighted by Crippen LogP contribution is -2.37. The van der Waals surface area contributed by atoms with Crippen molar-refractivity contribution in [3.63, 3.8) is 0 Å². The average molecular weight is 445 g/mol. The number of carbonyl (C=O) groups excluding carboxylic acids is 2. The number of nitrogens with one attached hydrogen (secondary N) is 1. The third kappa shape index (κ3) is 4.26. The van der Waals surface area contributed by atoms with Crippen LogP contribution >= 0.6 is 11.3 Å². The highest BCUT2D eigenvalue weighted by molar-refractivity contribution is 7.17. The molecule has 1 saturated heterocycles. The van der Waals surface area contributed by atoms with Gasteiger partial charge < -0.3 is 19.7 Å². The fraction of sp³-hybridized carbons (Fsp3) is 0.429. The minimum absolute atomic E-state index is 0.166. The SMILES string of the molecule is COC(=O)c1c(NC(=O)c2cc([N+](=O)[O-])ccc2N2CCOCC2)sc2c1CCCC2. The van der Waals surface area contributed by atoms with Crippen molar-refractivity contribution in [1.29, 1.82) is 0 Å². The number of amides is 1. The van der Waals surface area contributed by atoms with Gasteiger partial charge in [-0.05, 0) is 37.3 Å². The van der Waals surface area contributed by atoms with Gasteiger partial charge in [-0.3, -0.25) is 14.9 Å². The highest BCUT2D eigenvalue weighted by Crippen LogP contribution is 2.39. The Morgan fingerprint density at radius 1 is 1.23 bits per heavy atom. The van der Waals surface area contributed by atoms with Crippen molar-refractivity contribution in [3.8, 4) is 0 Å². The van der Waals surface area contributed by atoms with Crippen molar-refractivity contribution in [1.82, 2.24) is 0 Å². The van der Waals surface area contributed by atoms with Crippen LogP contribution in [0.25, 0.3) is 0 Å². The third-order valence-electron chi connectivity index (χ3n) is 5.58. The third-order valence-corrected chi connectivity index (χ3v) is 6.78. The summed E-state index contributed by atoms with van der Waals surface area (Å²) in [6.45, 7) is 2.20. The average Bonchev–Trinajstić information content (AvgIpc) is 3.16. The van der Waals surface area contributed by atoms with E-state index < -0.39 is 16.8 Å². The number of ether oxygens (including phenoxy) is 2. The number of aryl methyl sites for hydroxylation is 1. The number of hydrogen-bond acceptors (Lipinski definition) is 8. The lowest BCUT2D eigenvalue weighted by molar-refractivity contribution is -0.384. The van der Waals surface area contributed by atoms with E-state index in [1.165, 1.54) is 30.6 Å². The van der Waals surface area contributed by atoms with E-state index in [1.54, 1.807) is 6.07 Å². The number of fused-ring (bicyclic) bond motifs is 1. The van der Waals surface area contributed by atoms with Crippen LogP contribution < -0.4 is 10.2 Å². The molecule has 1 aliphatic heterocycles. The minimum atomic E-state index is -0.524. The Kier molecular flexibility index (Phi) is 6.19. The van der Waals surface area contributed by atoms with Gasteiger partial charge in [-0.15, -0.1) is 11.3 Å². The summed E-state index contributed by atoms with van der Waals surface area (Å²) >= 11 is 1.38. The second kappa shape index (κ2) is 9.03. The quantitative estimate of drug-likeness (QED) is 0.426. The number of benzene rings is 1. The summed E-state index contributed by atoms with van der Waals surface area (Å²) in [5, 5.41) is 14.6. The number of morpholine rings is 1. The Morgan fingerprint density at radius 2 is 1.97 bits per heavy atom. The summed E-state index contributed by atoms with van der Waals surface area (Å²) in [5.41, 5.74) is 1.96. The summed E-state index contributed by atoms with van der Waals surface area (Å²) in [4.78, 5) is 39.6. The summed E-state index contributed by atoms with van der Waals surface area (Å²) < 4.78 is 10.3. The number of rotatable bonds is 5. The van der Waals surface area contributed by atoms with Crippen molar-refractivity contribution >= 4 is 39.6 Å². The first-order chi connectivity index (χ1) is 15.0. The monoisotopic (exact) mass is 445 g/mol. The predicted octanol–water partition coefficient (Wildman–Crippen LogP) is 3.41. The maximum absolute atomic E-state index is 13.3. The second-order valence-corrected chi connectivity index (χ2v) is 8.52. The van der Waals surface area contributed by atoms with Crippen LogP contribution in [0.2, 0.25) is 0 Å². The molecule has 164 valence electrons. The van der Waals surface area contributed by atoms with Crippen molar-refractivity contribution in [3.05, 3.63) is 49.9 Å². The van der Waals surface area contributed by atoms with E-state index in [1.807, 2.05) is 4.90 Å². The van der Waals surface area contributed by atoms with Crippen LogP contribution in [-0.4, -0.2) is 50.2 Å². The highest BCUT2D eigenvalue weighted by Gasteiger charge is 2.29. The van der Waals surface area contributed by atoms with Crippen molar-refractivity contribution in [2.75, 3.05) is 43.6 Å². The van der Waals surface area contributed by atoms with Gasteiger partial charge in [0.15, 0.2) is 0 Å². The summed E-state index contributed by atoms with van der Waals surface area (Å²) in [6, 6.07) is 4.27. The molecule has 2 aliphatic rings. The van der Waals surface area contributed by atoms with Gasteiger partial charge in [0.05, 0.1) is 42.1 Å². The molecule has 0 saturated carbocycles. The highest BCUT2D eigenvalue weighted by atomic mass is 32.1. The van der Waals surface area contributed by atoms with Crippen LogP contribution in [0.15, 0.2) is 18.2 Å². The van der Waals surface area contributed by atoms with Gasteiger partial charge in [-0.1, -0.05) is 0 Å². The molecule has 1 aliphatic carbocycles. The minimum Gasteiger partial charge on any atom is -0.465 e. The standard InChI is InChI=1S/C21H23N3O6S/c1-29-21(26)18-14-4-2-3-5-17(14)31-20(18)22-19(25)15-12-13(24(27)28)6-7-16(15)23-8-10-30-11-9-23/h6-7,12H,2-5,8-11H2,1H3,(H,22,25). The molecule has 1 amide bonds. The van der Waals surface area contributed by atoms with Crippen molar-refractivity contribution in [2.45, 2.75) is 25.7 Å². The van der Waals surface area contributed by atoms with Crippen LogP contribution in [0.4, 0.5) is 16.4 Å². The Labute approximate surface area is 183 Å². The number of nitro benzene ring substituents is 1. The fourth-order valence-electron chi connectivity index (χ4n) is 4.04. The predicted molar refractivity (Wildman–Crippen MR) is 116 cm³/mol. The van der Waals surface area contributed by atoms with E-state index in [2.05, 4.69) is 5.32 Å². The lowest BCUT2D eigenvalue weighted by Gasteiger charge is -2.30. The van der Waals surface area contributed by atoms with Gasteiger partial charge in [0.25, 0.3) is 11.6 Å². The maximum atomic E-state index is 13.3. The first-order valence-electron chi connectivity index (χ1n) is 10.1. The first-order valence-corrected chi connectivity index (χ1v) is 11.0. The van der Waals surface area contributed by atoms with E-state index >= 15 is 0 Å². The number of thiophene rings is 1. The Bertz CT molecular complexity index is 1030. The molecule has 1 aromatic carbocycles. The fourth-order valence-corrected chi connectivity index (χ4v) is 5.31. The molecule has 31 heavy (non-hydrogen) atoms. The summed E-state index contributed by atoms with van der Waals surface area (Å²) in [6.07, 6.45) is 3.64. The number of non-ortho nitro benzene ring substituents is 1. The van der Waals surface area contributed by atoms with Gasteiger partial charge in [0.2, 0.25) is 0 Å². The zero-order valence-electron chi connectivity index (χ0n) is 17.1. The van der Waals surface area contributed by atoms with Crippen molar-refractivity contribution in [2.24, 2.45) is 0 Å².